The molecule has 2 aromatic carbocycles. The van der Waals surface area contributed by atoms with Crippen LogP contribution < -0.4 is 11.3 Å². The minimum atomic E-state index is -0.303. The first-order chi connectivity index (χ1) is 16.6. The van der Waals surface area contributed by atoms with Gasteiger partial charge in [-0.2, -0.15) is 0 Å². The van der Waals surface area contributed by atoms with Crippen molar-refractivity contribution >= 4 is 22.8 Å². The van der Waals surface area contributed by atoms with Crippen molar-refractivity contribution in [3.8, 4) is 16.8 Å². The number of aromatic amines is 1. The van der Waals surface area contributed by atoms with E-state index in [0.717, 1.165) is 46.3 Å². The highest BCUT2D eigenvalue weighted by atomic mass is 19.1. The van der Waals surface area contributed by atoms with Crippen LogP contribution in [0.5, 0.6) is 0 Å². The number of aromatic nitrogens is 2. The van der Waals surface area contributed by atoms with Crippen LogP contribution in [-0.2, 0) is 4.74 Å². The van der Waals surface area contributed by atoms with Crippen LogP contribution in [0.25, 0.3) is 27.7 Å². The second kappa shape index (κ2) is 10.1. The fraction of sp³-hybridized carbons (Fsp3) is 0.259. The van der Waals surface area contributed by atoms with Gasteiger partial charge in [0.05, 0.1) is 5.52 Å². The van der Waals surface area contributed by atoms with E-state index in [2.05, 4.69) is 9.55 Å². The van der Waals surface area contributed by atoms with Gasteiger partial charge in [-0.1, -0.05) is 13.8 Å². The molecule has 1 fully saturated rings. The number of pyridine rings is 1. The number of benzene rings is 2. The lowest BCUT2D eigenvalue weighted by atomic mass is 9.90. The number of anilines is 1. The molecule has 5 rings (SSSR count). The number of halogens is 1. The molecule has 0 radical (unpaired) electrons. The number of fused-ring (bicyclic) bond motifs is 1. The predicted octanol–water partition coefficient (Wildman–Crippen LogP) is 5.62. The van der Waals surface area contributed by atoms with E-state index < -0.39 is 0 Å². The van der Waals surface area contributed by atoms with Gasteiger partial charge in [-0.15, -0.1) is 0 Å². The van der Waals surface area contributed by atoms with E-state index in [0.29, 0.717) is 24.5 Å². The third kappa shape index (κ3) is 4.26. The fourth-order valence-corrected chi connectivity index (χ4v) is 4.61. The molecule has 1 aliphatic heterocycles. The van der Waals surface area contributed by atoms with Gasteiger partial charge in [0.15, 0.2) is 0 Å². The molecule has 0 saturated carbocycles. The second-order valence-corrected chi connectivity index (χ2v) is 8.04. The molecule has 4 aromatic rings. The fourth-order valence-electron chi connectivity index (χ4n) is 4.61. The van der Waals surface area contributed by atoms with E-state index in [4.69, 9.17) is 15.9 Å². The summed E-state index contributed by atoms with van der Waals surface area (Å²) in [6, 6.07) is 13.5. The van der Waals surface area contributed by atoms with Crippen LogP contribution in [0.1, 0.15) is 43.9 Å². The quantitative estimate of drug-likeness (QED) is 0.272. The van der Waals surface area contributed by atoms with Crippen molar-refractivity contribution < 1.29 is 9.13 Å². The summed E-state index contributed by atoms with van der Waals surface area (Å²) in [5, 5.41) is 8.71. The summed E-state index contributed by atoms with van der Waals surface area (Å²) < 4.78 is 21.5. The highest BCUT2D eigenvalue weighted by Gasteiger charge is 2.28. The Kier molecular flexibility index (Phi) is 6.93. The first kappa shape index (κ1) is 23.4. The number of nitrogen functional groups attached to an aromatic ring is 1. The molecular formula is C27H29FN4O2. The van der Waals surface area contributed by atoms with Crippen LogP contribution >= 0.6 is 0 Å². The van der Waals surface area contributed by atoms with E-state index >= 15 is 0 Å². The van der Waals surface area contributed by atoms with Gasteiger partial charge in [0.25, 0.3) is 0 Å². The van der Waals surface area contributed by atoms with E-state index in [1.54, 1.807) is 18.3 Å². The van der Waals surface area contributed by atoms with Crippen LogP contribution in [0.15, 0.2) is 59.5 Å². The minimum absolute atomic E-state index is 0.172. The Hall–Kier alpha value is -3.71. The zero-order valence-corrected chi connectivity index (χ0v) is 19.4. The Bertz CT molecular complexity index is 1350. The lowest BCUT2D eigenvalue weighted by Crippen LogP contribution is -2.17. The lowest BCUT2D eigenvalue weighted by molar-refractivity contribution is 0.0843. The van der Waals surface area contributed by atoms with Crippen molar-refractivity contribution in [2.75, 3.05) is 18.9 Å². The lowest BCUT2D eigenvalue weighted by Gasteiger charge is -2.25. The van der Waals surface area contributed by atoms with Crippen molar-refractivity contribution in [2.45, 2.75) is 32.6 Å². The largest absolute Gasteiger partial charge is 0.398 e. The number of nitrogens with zero attached hydrogens (tertiary/aromatic N) is 1. The molecule has 0 unspecified atom stereocenters. The number of rotatable bonds is 4. The molecule has 6 nitrogen and oxygen atoms in total. The average Bonchev–Trinajstić information content (AvgIpc) is 3.20. The summed E-state index contributed by atoms with van der Waals surface area (Å²) in [5.41, 5.74) is 11.9. The third-order valence-corrected chi connectivity index (χ3v) is 6.13. The Morgan fingerprint density at radius 2 is 1.82 bits per heavy atom. The summed E-state index contributed by atoms with van der Waals surface area (Å²) in [6.45, 7) is 5.32. The number of H-pyrrole nitrogens is 1. The zero-order valence-electron chi connectivity index (χ0n) is 19.4. The minimum Gasteiger partial charge on any atom is -0.398 e. The number of hydrogen-bond acceptors (Lipinski definition) is 4. The van der Waals surface area contributed by atoms with Crippen LogP contribution in [-0.4, -0.2) is 29.0 Å². The maximum atomic E-state index is 13.7. The van der Waals surface area contributed by atoms with Gasteiger partial charge < -0.3 is 25.4 Å². The number of ether oxygens (including phenoxy) is 1. The molecule has 2 aromatic heterocycles. The maximum Gasteiger partial charge on any atom is 0.247 e. The summed E-state index contributed by atoms with van der Waals surface area (Å²) >= 11 is 0. The van der Waals surface area contributed by atoms with Crippen molar-refractivity contribution in [3.63, 3.8) is 0 Å². The topological polar surface area (TPSA) is 96.9 Å². The maximum absolute atomic E-state index is 13.7. The van der Waals surface area contributed by atoms with Gasteiger partial charge in [-0.25, -0.2) is 4.39 Å². The first-order valence-electron chi connectivity index (χ1n) is 11.6. The number of hydrogen-bond donors (Lipinski definition) is 3. The number of nitrogens with one attached hydrogen (secondary N) is 2. The monoisotopic (exact) mass is 460 g/mol. The van der Waals surface area contributed by atoms with Crippen molar-refractivity contribution in [1.29, 1.82) is 5.41 Å². The summed E-state index contributed by atoms with van der Waals surface area (Å²) in [5.74, 6) is -0.101. The summed E-state index contributed by atoms with van der Waals surface area (Å²) in [7, 11) is 0. The Balaban J connectivity index is 0.00000133. The Morgan fingerprint density at radius 1 is 1.12 bits per heavy atom. The molecule has 1 aliphatic rings. The van der Waals surface area contributed by atoms with E-state index in [1.165, 1.54) is 24.4 Å². The van der Waals surface area contributed by atoms with Crippen LogP contribution in [0.4, 0.5) is 10.1 Å². The second-order valence-electron chi connectivity index (χ2n) is 8.04. The Morgan fingerprint density at radius 3 is 2.44 bits per heavy atom. The molecular weight excluding hydrogens is 431 g/mol. The van der Waals surface area contributed by atoms with Gasteiger partial charge in [-0.05, 0) is 55.3 Å². The summed E-state index contributed by atoms with van der Waals surface area (Å²) in [6.07, 6.45) is 4.65. The van der Waals surface area contributed by atoms with Crippen molar-refractivity contribution in [3.05, 3.63) is 82.2 Å². The highest BCUT2D eigenvalue weighted by molar-refractivity contribution is 6.04. The van der Waals surface area contributed by atoms with Gasteiger partial charge in [-0.3, -0.25) is 4.79 Å². The molecule has 0 atom stereocenters. The van der Waals surface area contributed by atoms with Gasteiger partial charge in [0, 0.05) is 76.8 Å². The van der Waals surface area contributed by atoms with E-state index in [9.17, 15) is 9.18 Å². The molecule has 0 spiro atoms. The molecule has 0 aliphatic carbocycles. The van der Waals surface area contributed by atoms with Gasteiger partial charge >= 0.3 is 0 Å². The molecule has 3 heterocycles. The average molecular weight is 461 g/mol. The molecule has 176 valence electrons. The van der Waals surface area contributed by atoms with Crippen LogP contribution in [0, 0.1) is 11.2 Å². The van der Waals surface area contributed by atoms with Crippen molar-refractivity contribution in [1.82, 2.24) is 9.55 Å². The molecule has 7 heteroatoms. The SMILES string of the molecule is CC.N=Cc1cc2c(cc1N)c(-c1ccc(=O)[nH]c1)c(C1CCOCC1)n2-c1ccc(F)cc1. The zero-order chi connectivity index (χ0) is 24.2. The molecule has 4 N–H and O–H groups in total. The number of nitrogens with two attached hydrogens (primary N) is 1. The third-order valence-electron chi connectivity index (χ3n) is 6.13. The molecule has 34 heavy (non-hydrogen) atoms. The molecule has 0 amide bonds. The van der Waals surface area contributed by atoms with E-state index in [-0.39, 0.29) is 17.3 Å². The van der Waals surface area contributed by atoms with Crippen LogP contribution in [0.3, 0.4) is 0 Å². The van der Waals surface area contributed by atoms with Crippen molar-refractivity contribution in [2.24, 2.45) is 0 Å². The highest BCUT2D eigenvalue weighted by Crippen LogP contribution is 2.44. The molecule has 0 bridgehead atoms. The molecule has 1 saturated heterocycles. The predicted molar refractivity (Wildman–Crippen MR) is 136 cm³/mol. The summed E-state index contributed by atoms with van der Waals surface area (Å²) in [4.78, 5) is 14.5. The standard InChI is InChI=1S/C25H23FN4O2.C2H6/c26-18-2-4-19(5-3-18)30-22-11-17(13-27)21(28)12-20(22)24(16-1-6-23(31)29-14-16)25(30)15-7-9-32-10-8-15;1-2/h1-6,11-15,27H,7-10,28H2,(H,29,31);1-2H3. The normalized spacial score (nSPS) is 14.0. The van der Waals surface area contributed by atoms with Gasteiger partial charge in [0.2, 0.25) is 5.56 Å². The van der Waals surface area contributed by atoms with E-state index in [1.807, 2.05) is 32.0 Å². The van der Waals surface area contributed by atoms with Crippen LogP contribution in [0.2, 0.25) is 0 Å². The first-order valence-corrected chi connectivity index (χ1v) is 11.6. The van der Waals surface area contributed by atoms with Gasteiger partial charge in [0.1, 0.15) is 5.82 Å². The Labute approximate surface area is 197 Å². The smallest absolute Gasteiger partial charge is 0.247 e.